The number of hydrogen-bond acceptors (Lipinski definition) is 1. The standard InChI is InChI=1S/C26H42O/c1-7-13-15-20(9-3)17-23-19-22(11-5)24(12-6)26(27)25(23)18-21(10-4)16-14-8-2/h11-12,19-21,27H,5-10,13-18H2,1-4H3. The molecule has 0 aromatic heterocycles. The molecule has 0 aliphatic rings. The molecular weight excluding hydrogens is 328 g/mol. The molecule has 0 aliphatic carbocycles. The summed E-state index contributed by atoms with van der Waals surface area (Å²) in [6, 6.07) is 2.26. The van der Waals surface area contributed by atoms with Crippen LogP contribution in [0.5, 0.6) is 5.75 Å². The van der Waals surface area contributed by atoms with Crippen LogP contribution in [0.2, 0.25) is 0 Å². The van der Waals surface area contributed by atoms with E-state index in [1.807, 2.05) is 6.08 Å². The Morgan fingerprint density at radius 1 is 0.889 bits per heavy atom. The molecule has 0 fully saturated rings. The fourth-order valence-corrected chi connectivity index (χ4v) is 4.08. The first-order chi connectivity index (χ1) is 13.1. The summed E-state index contributed by atoms with van der Waals surface area (Å²) in [5.74, 6) is 1.77. The summed E-state index contributed by atoms with van der Waals surface area (Å²) in [6.07, 6.45) is 15.6. The van der Waals surface area contributed by atoms with E-state index in [9.17, 15) is 5.11 Å². The summed E-state index contributed by atoms with van der Waals surface area (Å²) in [7, 11) is 0. The topological polar surface area (TPSA) is 20.2 Å². The quantitative estimate of drug-likeness (QED) is 0.350. The lowest BCUT2D eigenvalue weighted by molar-refractivity contribution is 0.415. The molecule has 2 unspecified atom stereocenters. The molecule has 152 valence electrons. The van der Waals surface area contributed by atoms with Crippen molar-refractivity contribution < 1.29 is 5.11 Å². The molecule has 0 saturated carbocycles. The average Bonchev–Trinajstić information content (AvgIpc) is 2.69. The molecule has 1 rings (SSSR count). The van der Waals surface area contributed by atoms with Crippen LogP contribution < -0.4 is 0 Å². The fourth-order valence-electron chi connectivity index (χ4n) is 4.08. The van der Waals surface area contributed by atoms with Crippen molar-refractivity contribution >= 4 is 12.2 Å². The second-order valence-electron chi connectivity index (χ2n) is 8.02. The largest absolute Gasteiger partial charge is 0.507 e. The van der Waals surface area contributed by atoms with Crippen molar-refractivity contribution in [3.05, 3.63) is 41.5 Å². The van der Waals surface area contributed by atoms with Gasteiger partial charge in [0.25, 0.3) is 0 Å². The maximum absolute atomic E-state index is 11.1. The van der Waals surface area contributed by atoms with E-state index in [2.05, 4.69) is 46.9 Å². The van der Waals surface area contributed by atoms with Crippen molar-refractivity contribution in [1.82, 2.24) is 0 Å². The number of rotatable bonds is 14. The van der Waals surface area contributed by atoms with Gasteiger partial charge in [0.1, 0.15) is 5.75 Å². The van der Waals surface area contributed by atoms with Crippen molar-refractivity contribution in [1.29, 1.82) is 0 Å². The molecule has 1 nitrogen and oxygen atoms in total. The number of hydrogen-bond donors (Lipinski definition) is 1. The fraction of sp³-hybridized carbons (Fsp3) is 0.615. The molecule has 0 spiro atoms. The van der Waals surface area contributed by atoms with Gasteiger partial charge in [0.15, 0.2) is 0 Å². The van der Waals surface area contributed by atoms with Crippen molar-refractivity contribution in [2.24, 2.45) is 11.8 Å². The third kappa shape index (κ3) is 6.87. The molecule has 0 amide bonds. The van der Waals surface area contributed by atoms with Crippen LogP contribution in [-0.4, -0.2) is 5.11 Å². The van der Waals surface area contributed by atoms with E-state index in [-0.39, 0.29) is 0 Å². The highest BCUT2D eigenvalue weighted by Crippen LogP contribution is 2.36. The van der Waals surface area contributed by atoms with Crippen molar-refractivity contribution in [2.75, 3.05) is 0 Å². The normalized spacial score (nSPS) is 13.3. The highest BCUT2D eigenvalue weighted by Gasteiger charge is 2.20. The molecule has 1 aromatic rings. The maximum Gasteiger partial charge on any atom is 0.126 e. The lowest BCUT2D eigenvalue weighted by Gasteiger charge is -2.23. The number of phenolic OH excluding ortho intramolecular Hbond substituents is 1. The molecule has 2 atom stereocenters. The van der Waals surface area contributed by atoms with Crippen molar-refractivity contribution in [3.8, 4) is 5.75 Å². The van der Waals surface area contributed by atoms with Crippen LogP contribution in [0.1, 0.15) is 101 Å². The van der Waals surface area contributed by atoms with Crippen molar-refractivity contribution in [2.45, 2.75) is 91.9 Å². The summed E-state index contributed by atoms with van der Waals surface area (Å²) in [5.41, 5.74) is 4.34. The number of benzene rings is 1. The van der Waals surface area contributed by atoms with Crippen LogP contribution in [-0.2, 0) is 12.8 Å². The van der Waals surface area contributed by atoms with Gasteiger partial charge in [0.2, 0.25) is 0 Å². The van der Waals surface area contributed by atoms with Gasteiger partial charge < -0.3 is 5.11 Å². The zero-order chi connectivity index (χ0) is 20.2. The molecule has 1 heteroatoms. The van der Waals surface area contributed by atoms with Gasteiger partial charge in [-0.1, -0.05) is 110 Å². The smallest absolute Gasteiger partial charge is 0.126 e. The SMILES string of the molecule is C=Cc1cc(CC(CC)CCCC)c(CC(CC)CCCC)c(O)c1C=C. The second-order valence-corrected chi connectivity index (χ2v) is 8.02. The van der Waals surface area contributed by atoms with Crippen LogP contribution in [0.3, 0.4) is 0 Å². The van der Waals surface area contributed by atoms with E-state index in [0.29, 0.717) is 17.6 Å². The highest BCUT2D eigenvalue weighted by molar-refractivity contribution is 5.71. The Balaban J connectivity index is 3.29. The third-order valence-corrected chi connectivity index (χ3v) is 6.08. The van der Waals surface area contributed by atoms with Crippen molar-refractivity contribution in [3.63, 3.8) is 0 Å². The summed E-state index contributed by atoms with van der Waals surface area (Å²) in [6.45, 7) is 17.0. The number of unbranched alkanes of at least 4 members (excludes halogenated alkanes) is 2. The summed E-state index contributed by atoms with van der Waals surface area (Å²) in [4.78, 5) is 0. The van der Waals surface area contributed by atoms with Crippen LogP contribution in [0.15, 0.2) is 19.2 Å². The van der Waals surface area contributed by atoms with E-state index >= 15 is 0 Å². The zero-order valence-electron chi connectivity index (χ0n) is 18.3. The molecule has 0 bridgehead atoms. The van der Waals surface area contributed by atoms with E-state index in [1.54, 1.807) is 6.08 Å². The lowest BCUT2D eigenvalue weighted by Crippen LogP contribution is -2.11. The Morgan fingerprint density at radius 2 is 1.44 bits per heavy atom. The van der Waals surface area contributed by atoms with Gasteiger partial charge in [-0.05, 0) is 41.4 Å². The Labute approximate surface area is 168 Å². The number of aromatic hydroxyl groups is 1. The molecule has 0 radical (unpaired) electrons. The van der Waals surface area contributed by atoms with Gasteiger partial charge in [0, 0.05) is 5.56 Å². The van der Waals surface area contributed by atoms with Crippen LogP contribution in [0.25, 0.3) is 12.2 Å². The first kappa shape index (κ1) is 23.5. The minimum absolute atomic E-state index is 0.442. The van der Waals surface area contributed by atoms with Gasteiger partial charge in [-0.2, -0.15) is 0 Å². The number of phenols is 1. The van der Waals surface area contributed by atoms with Gasteiger partial charge in [-0.15, -0.1) is 0 Å². The molecule has 0 saturated heterocycles. The summed E-state index contributed by atoms with van der Waals surface area (Å²) >= 11 is 0. The minimum atomic E-state index is 0.442. The maximum atomic E-state index is 11.1. The van der Waals surface area contributed by atoms with Gasteiger partial charge in [0.05, 0.1) is 0 Å². The van der Waals surface area contributed by atoms with Crippen LogP contribution >= 0.6 is 0 Å². The van der Waals surface area contributed by atoms with Gasteiger partial charge >= 0.3 is 0 Å². The van der Waals surface area contributed by atoms with Gasteiger partial charge in [-0.25, -0.2) is 0 Å². The van der Waals surface area contributed by atoms with E-state index in [1.165, 1.54) is 56.9 Å². The molecular formula is C26H42O. The first-order valence-corrected chi connectivity index (χ1v) is 11.2. The molecule has 0 aliphatic heterocycles. The second kappa shape index (κ2) is 12.8. The highest BCUT2D eigenvalue weighted by atomic mass is 16.3. The summed E-state index contributed by atoms with van der Waals surface area (Å²) < 4.78 is 0. The summed E-state index contributed by atoms with van der Waals surface area (Å²) in [5, 5.41) is 11.1. The first-order valence-electron chi connectivity index (χ1n) is 11.2. The zero-order valence-corrected chi connectivity index (χ0v) is 18.3. The molecule has 1 N–H and O–H groups in total. The Hall–Kier alpha value is -1.50. The van der Waals surface area contributed by atoms with E-state index in [0.717, 1.165) is 29.5 Å². The third-order valence-electron chi connectivity index (χ3n) is 6.08. The molecule has 1 aromatic carbocycles. The Morgan fingerprint density at radius 3 is 1.89 bits per heavy atom. The minimum Gasteiger partial charge on any atom is -0.507 e. The van der Waals surface area contributed by atoms with E-state index < -0.39 is 0 Å². The predicted octanol–water partition coefficient (Wildman–Crippen LogP) is 8.20. The van der Waals surface area contributed by atoms with Crippen LogP contribution in [0.4, 0.5) is 0 Å². The molecule has 27 heavy (non-hydrogen) atoms. The molecule has 0 heterocycles. The Kier molecular flexibility index (Phi) is 11.2. The van der Waals surface area contributed by atoms with Gasteiger partial charge in [-0.3, -0.25) is 0 Å². The average molecular weight is 371 g/mol. The monoisotopic (exact) mass is 370 g/mol. The van der Waals surface area contributed by atoms with E-state index in [4.69, 9.17) is 0 Å². The Bertz CT molecular complexity index is 584. The van der Waals surface area contributed by atoms with Crippen LogP contribution in [0, 0.1) is 11.8 Å². The lowest BCUT2D eigenvalue weighted by atomic mass is 9.83. The predicted molar refractivity (Wildman–Crippen MR) is 122 cm³/mol.